The van der Waals surface area contributed by atoms with Crippen LogP contribution in [0.25, 0.3) is 0 Å². The molecule has 0 aromatic carbocycles. The van der Waals surface area contributed by atoms with E-state index in [1.165, 1.54) is 89.9 Å². The van der Waals surface area contributed by atoms with Crippen LogP contribution in [0.15, 0.2) is 11.6 Å². The van der Waals surface area contributed by atoms with Crippen molar-refractivity contribution in [2.75, 3.05) is 0 Å². The minimum absolute atomic E-state index is 1.20. The van der Waals surface area contributed by atoms with Crippen molar-refractivity contribution in [3.8, 4) is 0 Å². The highest BCUT2D eigenvalue weighted by Crippen LogP contribution is 2.14. The van der Waals surface area contributed by atoms with Crippen molar-refractivity contribution in [2.24, 2.45) is 0 Å². The molecule has 0 amide bonds. The molecule has 0 saturated carbocycles. The first kappa shape index (κ1) is 18.7. The average Bonchev–Trinajstić information content (AvgIpc) is 2.40. The normalized spacial score (nSPS) is 12.1. The lowest BCUT2D eigenvalue weighted by molar-refractivity contribution is 0.543. The Morgan fingerprint density at radius 3 is 1.47 bits per heavy atom. The summed E-state index contributed by atoms with van der Waals surface area (Å²) in [5, 5.41) is 0. The van der Waals surface area contributed by atoms with E-state index >= 15 is 0 Å². The molecule has 0 aliphatic heterocycles. The molecule has 0 radical (unpaired) electrons. The Bertz CT molecular complexity index is 190. The van der Waals surface area contributed by atoms with E-state index in [2.05, 4.69) is 26.8 Å². The van der Waals surface area contributed by atoms with Gasteiger partial charge in [0, 0.05) is 0 Å². The van der Waals surface area contributed by atoms with Crippen LogP contribution >= 0.6 is 0 Å². The van der Waals surface area contributed by atoms with Crippen LogP contribution in [0.1, 0.15) is 111 Å². The van der Waals surface area contributed by atoms with Crippen molar-refractivity contribution < 1.29 is 0 Å². The van der Waals surface area contributed by atoms with E-state index in [9.17, 15) is 0 Å². The van der Waals surface area contributed by atoms with Crippen LogP contribution in [-0.2, 0) is 0 Å². The van der Waals surface area contributed by atoms with E-state index in [-0.39, 0.29) is 0 Å². The topological polar surface area (TPSA) is 0 Å². The van der Waals surface area contributed by atoms with E-state index < -0.39 is 0 Å². The molecule has 19 heavy (non-hydrogen) atoms. The predicted octanol–water partition coefficient (Wildman–Crippen LogP) is 7.43. The molecule has 0 atom stereocenters. The average molecular weight is 267 g/mol. The lowest BCUT2D eigenvalue weighted by atomic mass is 10.0. The SMILES string of the molecule is CC/C=C(\C)CCCCCCCCCCCCCC. The Kier molecular flexibility index (Phi) is 15.6. The number of rotatable bonds is 14. The third-order valence-corrected chi connectivity index (χ3v) is 3.98. The quantitative estimate of drug-likeness (QED) is 0.226. The van der Waals surface area contributed by atoms with Gasteiger partial charge in [0.1, 0.15) is 0 Å². The molecule has 0 fully saturated rings. The maximum absolute atomic E-state index is 2.37. The zero-order valence-corrected chi connectivity index (χ0v) is 14.0. The summed E-state index contributed by atoms with van der Waals surface area (Å²) in [6, 6.07) is 0. The highest BCUT2D eigenvalue weighted by Gasteiger charge is 1.94. The van der Waals surface area contributed by atoms with Crippen LogP contribution < -0.4 is 0 Å². The first-order chi connectivity index (χ1) is 9.31. The van der Waals surface area contributed by atoms with Crippen LogP contribution in [0, 0.1) is 0 Å². The first-order valence-corrected chi connectivity index (χ1v) is 8.96. The summed E-state index contributed by atoms with van der Waals surface area (Å²) >= 11 is 0. The van der Waals surface area contributed by atoms with Gasteiger partial charge in [0.05, 0.1) is 0 Å². The van der Waals surface area contributed by atoms with Crippen LogP contribution in [-0.4, -0.2) is 0 Å². The van der Waals surface area contributed by atoms with Gasteiger partial charge in [-0.1, -0.05) is 96.1 Å². The van der Waals surface area contributed by atoms with E-state index in [0.717, 1.165) is 0 Å². The molecule has 0 aromatic heterocycles. The Balaban J connectivity index is 3.05. The Labute approximate surface area is 123 Å². The highest BCUT2D eigenvalue weighted by molar-refractivity contribution is 4.96. The van der Waals surface area contributed by atoms with Gasteiger partial charge in [-0.15, -0.1) is 0 Å². The van der Waals surface area contributed by atoms with Gasteiger partial charge in [-0.05, 0) is 26.2 Å². The van der Waals surface area contributed by atoms with Crippen molar-refractivity contribution >= 4 is 0 Å². The van der Waals surface area contributed by atoms with Gasteiger partial charge in [0.2, 0.25) is 0 Å². The lowest BCUT2D eigenvalue weighted by Gasteiger charge is -2.03. The fraction of sp³-hybridized carbons (Fsp3) is 0.895. The Morgan fingerprint density at radius 1 is 0.632 bits per heavy atom. The second-order valence-electron chi connectivity index (χ2n) is 6.10. The van der Waals surface area contributed by atoms with E-state index in [4.69, 9.17) is 0 Å². The predicted molar refractivity (Wildman–Crippen MR) is 89.7 cm³/mol. The fourth-order valence-electron chi connectivity index (χ4n) is 2.70. The Morgan fingerprint density at radius 2 is 1.05 bits per heavy atom. The molecule has 0 N–H and O–H groups in total. The maximum Gasteiger partial charge on any atom is -0.0323 e. The standard InChI is InChI=1S/C19H38/c1-4-6-7-8-9-10-11-12-13-14-15-16-18-19(3)17-5-2/h17H,4-16,18H2,1-3H3/b19-17+. The minimum Gasteiger partial charge on any atom is -0.0859 e. The molecular formula is C19H38. The van der Waals surface area contributed by atoms with Crippen molar-refractivity contribution in [1.29, 1.82) is 0 Å². The van der Waals surface area contributed by atoms with E-state index in [1.54, 1.807) is 5.57 Å². The number of hydrogen-bond acceptors (Lipinski definition) is 0. The van der Waals surface area contributed by atoms with E-state index in [1.807, 2.05) is 0 Å². The van der Waals surface area contributed by atoms with Gasteiger partial charge in [-0.3, -0.25) is 0 Å². The molecule has 0 aliphatic rings. The molecule has 114 valence electrons. The summed E-state index contributed by atoms with van der Waals surface area (Å²) < 4.78 is 0. The monoisotopic (exact) mass is 266 g/mol. The van der Waals surface area contributed by atoms with Gasteiger partial charge in [-0.25, -0.2) is 0 Å². The molecule has 0 rings (SSSR count). The molecule has 0 heteroatoms. The summed E-state index contributed by atoms with van der Waals surface area (Å²) in [6.07, 6.45) is 22.3. The van der Waals surface area contributed by atoms with Gasteiger partial charge < -0.3 is 0 Å². The van der Waals surface area contributed by atoms with Gasteiger partial charge in [0.15, 0.2) is 0 Å². The fourth-order valence-corrected chi connectivity index (χ4v) is 2.70. The molecule has 0 aromatic rings. The van der Waals surface area contributed by atoms with Gasteiger partial charge in [0.25, 0.3) is 0 Å². The Hall–Kier alpha value is -0.260. The summed E-state index contributed by atoms with van der Waals surface area (Å²) in [5.41, 5.74) is 1.59. The third-order valence-electron chi connectivity index (χ3n) is 3.98. The van der Waals surface area contributed by atoms with Crippen molar-refractivity contribution in [1.82, 2.24) is 0 Å². The number of hydrogen-bond donors (Lipinski definition) is 0. The third kappa shape index (κ3) is 15.7. The molecule has 0 aliphatic carbocycles. The van der Waals surface area contributed by atoms with Crippen LogP contribution in [0.4, 0.5) is 0 Å². The van der Waals surface area contributed by atoms with Crippen molar-refractivity contribution in [3.05, 3.63) is 11.6 Å². The summed E-state index contributed by atoms with van der Waals surface area (Å²) in [6.45, 7) is 6.80. The zero-order valence-electron chi connectivity index (χ0n) is 14.0. The maximum atomic E-state index is 2.37. The summed E-state index contributed by atoms with van der Waals surface area (Å²) in [4.78, 5) is 0. The van der Waals surface area contributed by atoms with Gasteiger partial charge >= 0.3 is 0 Å². The zero-order chi connectivity index (χ0) is 14.2. The molecule has 0 spiro atoms. The molecule has 0 bridgehead atoms. The number of allylic oxidation sites excluding steroid dienone is 2. The molecular weight excluding hydrogens is 228 g/mol. The van der Waals surface area contributed by atoms with Crippen LogP contribution in [0.5, 0.6) is 0 Å². The lowest BCUT2D eigenvalue weighted by Crippen LogP contribution is -1.83. The largest absolute Gasteiger partial charge is 0.0859 e. The van der Waals surface area contributed by atoms with Crippen molar-refractivity contribution in [2.45, 2.75) is 111 Å². The second-order valence-corrected chi connectivity index (χ2v) is 6.10. The summed E-state index contributed by atoms with van der Waals surface area (Å²) in [5.74, 6) is 0. The van der Waals surface area contributed by atoms with Crippen LogP contribution in [0.2, 0.25) is 0 Å². The second kappa shape index (κ2) is 15.8. The summed E-state index contributed by atoms with van der Waals surface area (Å²) in [7, 11) is 0. The molecule has 0 saturated heterocycles. The first-order valence-electron chi connectivity index (χ1n) is 8.96. The number of unbranched alkanes of at least 4 members (excludes halogenated alkanes) is 11. The smallest absolute Gasteiger partial charge is 0.0323 e. The molecule has 0 unspecified atom stereocenters. The van der Waals surface area contributed by atoms with E-state index in [0.29, 0.717) is 0 Å². The van der Waals surface area contributed by atoms with Gasteiger partial charge in [-0.2, -0.15) is 0 Å². The van der Waals surface area contributed by atoms with Crippen LogP contribution in [0.3, 0.4) is 0 Å². The van der Waals surface area contributed by atoms with Crippen molar-refractivity contribution in [3.63, 3.8) is 0 Å². The molecule has 0 heterocycles. The highest BCUT2D eigenvalue weighted by atomic mass is 14.0. The molecule has 0 nitrogen and oxygen atoms in total. The minimum atomic E-state index is 1.20.